The lowest BCUT2D eigenvalue weighted by molar-refractivity contribution is 0.602. The fourth-order valence-corrected chi connectivity index (χ4v) is 3.25. The van der Waals surface area contributed by atoms with E-state index in [1.54, 1.807) is 0 Å². The van der Waals surface area contributed by atoms with Gasteiger partial charge in [-0.1, -0.05) is 38.1 Å². The van der Waals surface area contributed by atoms with Gasteiger partial charge in [0.05, 0.1) is 0 Å². The molecule has 0 aliphatic rings. The first-order valence-corrected chi connectivity index (χ1v) is 7.74. The highest BCUT2D eigenvalue weighted by atomic mass is 32.1. The summed E-state index contributed by atoms with van der Waals surface area (Å²) in [5.41, 5.74) is 2.81. The summed E-state index contributed by atoms with van der Waals surface area (Å²) in [5, 5.41) is 3.43. The van der Waals surface area contributed by atoms with Crippen LogP contribution in [0.4, 0.5) is 0 Å². The highest BCUT2D eigenvalue weighted by Crippen LogP contribution is 2.26. The van der Waals surface area contributed by atoms with Crippen molar-refractivity contribution in [3.05, 3.63) is 57.3 Å². The predicted molar refractivity (Wildman–Crippen MR) is 85.1 cm³/mol. The smallest absolute Gasteiger partial charge is 0.0453 e. The first-order valence-electron chi connectivity index (χ1n) is 6.92. The van der Waals surface area contributed by atoms with Crippen molar-refractivity contribution in [2.24, 2.45) is 0 Å². The normalized spacial score (nSPS) is 12.9. The average molecular weight is 273 g/mol. The van der Waals surface area contributed by atoms with E-state index in [1.807, 2.05) is 18.4 Å². The monoisotopic (exact) mass is 273 g/mol. The second kappa shape index (κ2) is 6.36. The molecule has 1 N–H and O–H groups in total. The molecule has 0 radical (unpaired) electrons. The Balaban J connectivity index is 2.10. The number of hydrogen-bond donors (Lipinski definition) is 1. The Kier molecular flexibility index (Phi) is 4.78. The van der Waals surface area contributed by atoms with E-state index in [9.17, 15) is 0 Å². The van der Waals surface area contributed by atoms with E-state index >= 15 is 0 Å². The van der Waals surface area contributed by atoms with Gasteiger partial charge in [-0.3, -0.25) is 0 Å². The third-order valence-corrected chi connectivity index (χ3v) is 4.65. The Morgan fingerprint density at radius 3 is 2.21 bits per heavy atom. The minimum absolute atomic E-state index is 0.420. The standard InChI is InChI=1S/C17H23NS/c1-12(2)15-8-6-14(7-9-15)11-16(18-4)17-10-5-13(3)19-17/h5-10,12,16,18H,11H2,1-4H3. The Morgan fingerprint density at radius 2 is 1.74 bits per heavy atom. The molecule has 1 heterocycles. The molecule has 0 amide bonds. The molecule has 2 aromatic rings. The van der Waals surface area contributed by atoms with E-state index in [1.165, 1.54) is 20.9 Å². The van der Waals surface area contributed by atoms with Crippen molar-refractivity contribution in [1.29, 1.82) is 0 Å². The SMILES string of the molecule is CNC(Cc1ccc(C(C)C)cc1)c1ccc(C)s1. The van der Waals surface area contributed by atoms with Gasteiger partial charge in [0.1, 0.15) is 0 Å². The van der Waals surface area contributed by atoms with Gasteiger partial charge >= 0.3 is 0 Å². The molecule has 0 spiro atoms. The second-order valence-corrected chi connectivity index (χ2v) is 6.71. The number of aryl methyl sites for hydroxylation is 1. The van der Waals surface area contributed by atoms with Crippen LogP contribution in [0, 0.1) is 6.92 Å². The molecule has 2 heteroatoms. The van der Waals surface area contributed by atoms with Gasteiger partial charge in [0.15, 0.2) is 0 Å². The summed E-state index contributed by atoms with van der Waals surface area (Å²) in [6.45, 7) is 6.64. The Labute approximate surface area is 120 Å². The van der Waals surface area contributed by atoms with E-state index in [0.29, 0.717) is 12.0 Å². The summed E-state index contributed by atoms with van der Waals surface area (Å²) in [6.07, 6.45) is 1.05. The van der Waals surface area contributed by atoms with Gasteiger partial charge in [-0.05, 0) is 49.6 Å². The van der Waals surface area contributed by atoms with Gasteiger partial charge in [-0.25, -0.2) is 0 Å². The summed E-state index contributed by atoms with van der Waals surface area (Å²) in [5.74, 6) is 0.606. The molecular weight excluding hydrogens is 250 g/mol. The molecule has 1 unspecified atom stereocenters. The van der Waals surface area contributed by atoms with Crippen LogP contribution in [0.15, 0.2) is 36.4 Å². The Hall–Kier alpha value is -1.12. The number of hydrogen-bond acceptors (Lipinski definition) is 2. The zero-order valence-corrected chi connectivity index (χ0v) is 13.1. The van der Waals surface area contributed by atoms with Crippen LogP contribution in [0.1, 0.15) is 46.7 Å². The lowest BCUT2D eigenvalue weighted by Gasteiger charge is -2.15. The van der Waals surface area contributed by atoms with Crippen molar-refractivity contribution in [3.63, 3.8) is 0 Å². The van der Waals surface area contributed by atoms with Crippen molar-refractivity contribution >= 4 is 11.3 Å². The van der Waals surface area contributed by atoms with Crippen LogP contribution < -0.4 is 5.32 Å². The Morgan fingerprint density at radius 1 is 1.05 bits per heavy atom. The van der Waals surface area contributed by atoms with Gasteiger partial charge in [0, 0.05) is 15.8 Å². The van der Waals surface area contributed by atoms with Gasteiger partial charge in [0.25, 0.3) is 0 Å². The zero-order valence-electron chi connectivity index (χ0n) is 12.2. The molecule has 1 atom stereocenters. The topological polar surface area (TPSA) is 12.0 Å². The Bertz CT molecular complexity index is 510. The van der Waals surface area contributed by atoms with Crippen molar-refractivity contribution in [2.45, 2.75) is 39.2 Å². The van der Waals surface area contributed by atoms with Crippen molar-refractivity contribution < 1.29 is 0 Å². The van der Waals surface area contributed by atoms with Crippen LogP contribution in [0.25, 0.3) is 0 Å². The van der Waals surface area contributed by atoms with E-state index in [2.05, 4.69) is 62.5 Å². The molecule has 1 aromatic carbocycles. The second-order valence-electron chi connectivity index (χ2n) is 5.39. The molecular formula is C17H23NS. The molecule has 0 bridgehead atoms. The van der Waals surface area contributed by atoms with E-state index in [-0.39, 0.29) is 0 Å². The quantitative estimate of drug-likeness (QED) is 0.834. The minimum atomic E-state index is 0.420. The zero-order chi connectivity index (χ0) is 13.8. The summed E-state index contributed by atoms with van der Waals surface area (Å²) in [4.78, 5) is 2.80. The van der Waals surface area contributed by atoms with Gasteiger partial charge < -0.3 is 5.32 Å². The molecule has 0 aliphatic carbocycles. The maximum absolute atomic E-state index is 3.43. The maximum Gasteiger partial charge on any atom is 0.0453 e. The van der Waals surface area contributed by atoms with E-state index < -0.39 is 0 Å². The van der Waals surface area contributed by atoms with Gasteiger partial charge in [0.2, 0.25) is 0 Å². The van der Waals surface area contributed by atoms with E-state index in [4.69, 9.17) is 0 Å². The average Bonchev–Trinajstić information content (AvgIpc) is 2.83. The number of rotatable bonds is 5. The lowest BCUT2D eigenvalue weighted by Crippen LogP contribution is -2.17. The van der Waals surface area contributed by atoms with Crippen LogP contribution in [-0.4, -0.2) is 7.05 Å². The number of nitrogens with one attached hydrogen (secondary N) is 1. The summed E-state index contributed by atoms with van der Waals surface area (Å²) in [7, 11) is 2.04. The van der Waals surface area contributed by atoms with Crippen LogP contribution in [0.5, 0.6) is 0 Å². The lowest BCUT2D eigenvalue weighted by atomic mass is 9.99. The minimum Gasteiger partial charge on any atom is -0.312 e. The fraction of sp³-hybridized carbons (Fsp3) is 0.412. The molecule has 0 saturated carbocycles. The maximum atomic E-state index is 3.43. The number of likely N-dealkylation sites (N-methyl/N-ethyl adjacent to an activating group) is 1. The molecule has 2 rings (SSSR count). The fourth-order valence-electron chi connectivity index (χ4n) is 2.26. The van der Waals surface area contributed by atoms with Gasteiger partial charge in [-0.15, -0.1) is 11.3 Å². The molecule has 1 aromatic heterocycles. The van der Waals surface area contributed by atoms with Gasteiger partial charge in [-0.2, -0.15) is 0 Å². The molecule has 1 nitrogen and oxygen atoms in total. The summed E-state index contributed by atoms with van der Waals surface area (Å²) in [6, 6.07) is 13.9. The predicted octanol–water partition coefficient (Wildman–Crippen LogP) is 4.68. The molecule has 102 valence electrons. The highest BCUT2D eigenvalue weighted by Gasteiger charge is 2.12. The molecule has 0 fully saturated rings. The highest BCUT2D eigenvalue weighted by molar-refractivity contribution is 7.12. The van der Waals surface area contributed by atoms with Crippen molar-refractivity contribution in [3.8, 4) is 0 Å². The number of thiophene rings is 1. The van der Waals surface area contributed by atoms with Crippen LogP contribution >= 0.6 is 11.3 Å². The largest absolute Gasteiger partial charge is 0.312 e. The number of benzene rings is 1. The first kappa shape index (κ1) is 14.3. The van der Waals surface area contributed by atoms with Crippen molar-refractivity contribution in [1.82, 2.24) is 5.32 Å². The third-order valence-electron chi connectivity index (χ3n) is 3.54. The molecule has 0 saturated heterocycles. The molecule has 19 heavy (non-hydrogen) atoms. The first-order chi connectivity index (χ1) is 9.10. The molecule has 0 aliphatic heterocycles. The van der Waals surface area contributed by atoms with Crippen molar-refractivity contribution in [2.75, 3.05) is 7.05 Å². The van der Waals surface area contributed by atoms with Crippen LogP contribution in [0.3, 0.4) is 0 Å². The van der Waals surface area contributed by atoms with E-state index in [0.717, 1.165) is 6.42 Å². The summed E-state index contributed by atoms with van der Waals surface area (Å²) < 4.78 is 0. The third kappa shape index (κ3) is 3.68. The van der Waals surface area contributed by atoms with Crippen LogP contribution in [0.2, 0.25) is 0 Å². The van der Waals surface area contributed by atoms with Crippen LogP contribution in [-0.2, 0) is 6.42 Å². The summed E-state index contributed by atoms with van der Waals surface area (Å²) >= 11 is 1.89.